The molecule has 0 fully saturated rings. The van der Waals surface area contributed by atoms with E-state index in [2.05, 4.69) is 18.0 Å². The maximum Gasteiger partial charge on any atom is 0.133 e. The van der Waals surface area contributed by atoms with Crippen LogP contribution in [0.1, 0.15) is 41.2 Å². The normalized spacial score (nSPS) is 14.0. The zero-order valence-electron chi connectivity index (χ0n) is 12.9. The standard InChI is InChI=1S/C17H23N3O/c1-12-7-8-15(21-12)11-20(2)17-14(10-18)9-13-5-3-4-6-16(13)19-17/h7-9H,3-6,10-11,18H2,1-2H3. The average Bonchev–Trinajstić information content (AvgIpc) is 2.90. The van der Waals surface area contributed by atoms with Crippen LogP contribution in [0.5, 0.6) is 0 Å². The summed E-state index contributed by atoms with van der Waals surface area (Å²) in [6, 6.07) is 6.26. The maximum absolute atomic E-state index is 5.93. The van der Waals surface area contributed by atoms with Crippen molar-refractivity contribution in [2.45, 2.75) is 45.7 Å². The highest BCUT2D eigenvalue weighted by atomic mass is 16.3. The van der Waals surface area contributed by atoms with Gasteiger partial charge in [-0.25, -0.2) is 4.98 Å². The molecule has 0 atom stereocenters. The molecule has 3 rings (SSSR count). The van der Waals surface area contributed by atoms with E-state index >= 15 is 0 Å². The number of hydrogen-bond acceptors (Lipinski definition) is 4. The molecule has 0 saturated carbocycles. The maximum atomic E-state index is 5.93. The summed E-state index contributed by atoms with van der Waals surface area (Å²) in [5.41, 5.74) is 9.68. The van der Waals surface area contributed by atoms with Crippen molar-refractivity contribution in [1.82, 2.24) is 4.98 Å². The van der Waals surface area contributed by atoms with Crippen LogP contribution in [0.2, 0.25) is 0 Å². The van der Waals surface area contributed by atoms with Gasteiger partial charge in [0.25, 0.3) is 0 Å². The van der Waals surface area contributed by atoms with Gasteiger partial charge in [-0.1, -0.05) is 0 Å². The van der Waals surface area contributed by atoms with Crippen molar-refractivity contribution in [2.75, 3.05) is 11.9 Å². The Bertz CT molecular complexity index is 633. The molecular weight excluding hydrogens is 262 g/mol. The molecule has 0 spiro atoms. The third-order valence-corrected chi connectivity index (χ3v) is 4.13. The lowest BCUT2D eigenvalue weighted by molar-refractivity contribution is 0.481. The van der Waals surface area contributed by atoms with Crippen LogP contribution in [0.3, 0.4) is 0 Å². The second-order valence-electron chi connectivity index (χ2n) is 5.86. The zero-order chi connectivity index (χ0) is 14.8. The summed E-state index contributed by atoms with van der Waals surface area (Å²) in [6.45, 7) is 3.20. The fraction of sp³-hybridized carbons (Fsp3) is 0.471. The molecule has 1 aliphatic rings. The zero-order valence-corrected chi connectivity index (χ0v) is 12.9. The van der Waals surface area contributed by atoms with E-state index in [0.717, 1.165) is 35.7 Å². The van der Waals surface area contributed by atoms with E-state index in [9.17, 15) is 0 Å². The molecule has 1 aliphatic carbocycles. The highest BCUT2D eigenvalue weighted by Crippen LogP contribution is 2.27. The Balaban J connectivity index is 1.89. The Hall–Kier alpha value is -1.81. The Morgan fingerprint density at radius 3 is 2.81 bits per heavy atom. The SMILES string of the molecule is Cc1ccc(CN(C)c2nc3c(cc2CN)CCCC3)o1. The highest BCUT2D eigenvalue weighted by Gasteiger charge is 2.17. The van der Waals surface area contributed by atoms with E-state index in [1.165, 1.54) is 24.1 Å². The van der Waals surface area contributed by atoms with Crippen molar-refractivity contribution in [2.24, 2.45) is 5.73 Å². The Morgan fingerprint density at radius 1 is 1.29 bits per heavy atom. The molecule has 21 heavy (non-hydrogen) atoms. The summed E-state index contributed by atoms with van der Waals surface area (Å²) in [5, 5.41) is 0. The Labute approximate surface area is 126 Å². The average molecular weight is 285 g/mol. The fourth-order valence-corrected chi connectivity index (χ4v) is 3.03. The molecule has 4 heteroatoms. The minimum atomic E-state index is 0.525. The smallest absolute Gasteiger partial charge is 0.133 e. The first-order valence-electron chi connectivity index (χ1n) is 7.65. The van der Waals surface area contributed by atoms with Crippen LogP contribution in [-0.2, 0) is 25.9 Å². The number of furan rings is 1. The van der Waals surface area contributed by atoms with Gasteiger partial charge >= 0.3 is 0 Å². The Morgan fingerprint density at radius 2 is 2.10 bits per heavy atom. The molecule has 0 amide bonds. The van der Waals surface area contributed by atoms with Crippen LogP contribution in [0.15, 0.2) is 22.6 Å². The molecule has 112 valence electrons. The predicted octanol–water partition coefficient (Wildman–Crippen LogP) is 2.96. The molecule has 2 aromatic heterocycles. The number of nitrogens with two attached hydrogens (primary N) is 1. The lowest BCUT2D eigenvalue weighted by Crippen LogP contribution is -2.22. The van der Waals surface area contributed by atoms with E-state index in [-0.39, 0.29) is 0 Å². The monoisotopic (exact) mass is 285 g/mol. The van der Waals surface area contributed by atoms with Gasteiger partial charge in [0.1, 0.15) is 17.3 Å². The topological polar surface area (TPSA) is 55.3 Å². The molecule has 0 unspecified atom stereocenters. The first kappa shape index (κ1) is 14.1. The van der Waals surface area contributed by atoms with E-state index in [0.29, 0.717) is 13.1 Å². The molecule has 4 nitrogen and oxygen atoms in total. The molecule has 0 radical (unpaired) electrons. The second kappa shape index (κ2) is 5.90. The summed E-state index contributed by atoms with van der Waals surface area (Å²) in [7, 11) is 2.05. The number of aryl methyl sites for hydroxylation is 3. The van der Waals surface area contributed by atoms with Crippen LogP contribution in [0, 0.1) is 6.92 Å². The van der Waals surface area contributed by atoms with Gasteiger partial charge in [-0.15, -0.1) is 0 Å². The first-order valence-corrected chi connectivity index (χ1v) is 7.65. The lowest BCUT2D eigenvalue weighted by atomic mass is 9.94. The van der Waals surface area contributed by atoms with Gasteiger partial charge in [-0.3, -0.25) is 0 Å². The summed E-state index contributed by atoms with van der Waals surface area (Å²) in [5.74, 6) is 2.89. The molecule has 0 aliphatic heterocycles. The van der Waals surface area contributed by atoms with Gasteiger partial charge in [0.05, 0.1) is 6.54 Å². The molecule has 0 saturated heterocycles. The first-order chi connectivity index (χ1) is 10.2. The number of anilines is 1. The number of aromatic nitrogens is 1. The summed E-state index contributed by atoms with van der Waals surface area (Å²) in [4.78, 5) is 7.03. The van der Waals surface area contributed by atoms with Gasteiger partial charge in [0.2, 0.25) is 0 Å². The van der Waals surface area contributed by atoms with Gasteiger partial charge in [0.15, 0.2) is 0 Å². The van der Waals surface area contributed by atoms with Crippen LogP contribution >= 0.6 is 0 Å². The number of nitrogens with zero attached hydrogens (tertiary/aromatic N) is 2. The summed E-state index contributed by atoms with van der Waals surface area (Å²) in [6.07, 6.45) is 4.72. The van der Waals surface area contributed by atoms with Crippen LogP contribution < -0.4 is 10.6 Å². The van der Waals surface area contributed by atoms with Crippen molar-refractivity contribution in [3.8, 4) is 0 Å². The lowest BCUT2D eigenvalue weighted by Gasteiger charge is -2.24. The van der Waals surface area contributed by atoms with Crippen molar-refractivity contribution in [3.05, 3.63) is 46.5 Å². The third kappa shape index (κ3) is 2.95. The fourth-order valence-electron chi connectivity index (χ4n) is 3.03. The van der Waals surface area contributed by atoms with Crippen molar-refractivity contribution >= 4 is 5.82 Å². The second-order valence-corrected chi connectivity index (χ2v) is 5.86. The van der Waals surface area contributed by atoms with Gasteiger partial charge in [-0.05, 0) is 56.4 Å². The van der Waals surface area contributed by atoms with Gasteiger partial charge in [0, 0.05) is 24.8 Å². The molecule has 0 aromatic carbocycles. The van der Waals surface area contributed by atoms with E-state index in [4.69, 9.17) is 15.1 Å². The largest absolute Gasteiger partial charge is 0.464 e. The number of rotatable bonds is 4. The number of pyridine rings is 1. The molecule has 2 N–H and O–H groups in total. The summed E-state index contributed by atoms with van der Waals surface area (Å²) >= 11 is 0. The van der Waals surface area contributed by atoms with Crippen molar-refractivity contribution < 1.29 is 4.42 Å². The molecule has 0 bridgehead atoms. The van der Waals surface area contributed by atoms with E-state index in [1.807, 2.05) is 19.1 Å². The van der Waals surface area contributed by atoms with Crippen LogP contribution in [-0.4, -0.2) is 12.0 Å². The molecular formula is C17H23N3O. The summed E-state index contributed by atoms with van der Waals surface area (Å²) < 4.78 is 5.66. The third-order valence-electron chi connectivity index (χ3n) is 4.13. The molecule has 2 aromatic rings. The quantitative estimate of drug-likeness (QED) is 0.938. The predicted molar refractivity (Wildman–Crippen MR) is 84.3 cm³/mol. The van der Waals surface area contributed by atoms with E-state index < -0.39 is 0 Å². The van der Waals surface area contributed by atoms with Crippen molar-refractivity contribution in [1.29, 1.82) is 0 Å². The minimum absolute atomic E-state index is 0.525. The van der Waals surface area contributed by atoms with Crippen LogP contribution in [0.4, 0.5) is 5.82 Å². The number of hydrogen-bond donors (Lipinski definition) is 1. The van der Waals surface area contributed by atoms with Crippen molar-refractivity contribution in [3.63, 3.8) is 0 Å². The Kier molecular flexibility index (Phi) is 3.97. The highest BCUT2D eigenvalue weighted by molar-refractivity contribution is 5.50. The molecule has 2 heterocycles. The number of fused-ring (bicyclic) bond motifs is 1. The van der Waals surface area contributed by atoms with E-state index in [1.54, 1.807) is 0 Å². The minimum Gasteiger partial charge on any atom is -0.464 e. The van der Waals surface area contributed by atoms with Gasteiger partial charge in [-0.2, -0.15) is 0 Å². The van der Waals surface area contributed by atoms with Gasteiger partial charge < -0.3 is 15.1 Å². The van der Waals surface area contributed by atoms with Crippen LogP contribution in [0.25, 0.3) is 0 Å².